The van der Waals surface area contributed by atoms with Gasteiger partial charge in [-0.3, -0.25) is 11.3 Å². The smallest absolute Gasteiger partial charge is 0.138 e. The van der Waals surface area contributed by atoms with E-state index in [9.17, 15) is 4.39 Å². The summed E-state index contributed by atoms with van der Waals surface area (Å²) in [5, 5.41) is 4.21. The number of nitrogens with zero attached hydrogens (tertiary/aromatic N) is 3. The lowest BCUT2D eigenvalue weighted by atomic mass is 10.0. The Hall–Kier alpha value is -1.79. The van der Waals surface area contributed by atoms with E-state index in [1.54, 1.807) is 18.5 Å². The van der Waals surface area contributed by atoms with Gasteiger partial charge in [0.1, 0.15) is 18.0 Å². The Morgan fingerprint density at radius 3 is 2.55 bits per heavy atom. The molecule has 0 fully saturated rings. The summed E-state index contributed by atoms with van der Waals surface area (Å²) >= 11 is 0. The number of hydrogen-bond donors (Lipinski definition) is 2. The van der Waals surface area contributed by atoms with Crippen molar-refractivity contribution in [2.75, 3.05) is 0 Å². The standard InChI is InChI=1S/C14H20FN5/c1-10(2)20-14(17-9-18-20)8-13(19-16)7-11-3-5-12(15)6-4-11/h3-6,9-10,13,19H,7-8,16H2,1-2H3. The lowest BCUT2D eigenvalue weighted by molar-refractivity contribution is 0.458. The fourth-order valence-corrected chi connectivity index (χ4v) is 2.17. The van der Waals surface area contributed by atoms with Crippen LogP contribution >= 0.6 is 0 Å². The summed E-state index contributed by atoms with van der Waals surface area (Å²) in [5.74, 6) is 6.27. The van der Waals surface area contributed by atoms with Gasteiger partial charge in [-0.05, 0) is 38.0 Å². The second kappa shape index (κ2) is 6.58. The molecular formula is C14H20FN5. The summed E-state index contributed by atoms with van der Waals surface area (Å²) in [6, 6.07) is 6.75. The first-order chi connectivity index (χ1) is 9.60. The van der Waals surface area contributed by atoms with Crippen LogP contribution in [0.4, 0.5) is 4.39 Å². The molecule has 0 aliphatic heterocycles. The Morgan fingerprint density at radius 2 is 1.95 bits per heavy atom. The first-order valence-corrected chi connectivity index (χ1v) is 6.69. The van der Waals surface area contributed by atoms with E-state index in [2.05, 4.69) is 29.4 Å². The Balaban J connectivity index is 2.05. The van der Waals surface area contributed by atoms with Crippen LogP contribution in [-0.4, -0.2) is 20.8 Å². The van der Waals surface area contributed by atoms with Crippen LogP contribution in [0.5, 0.6) is 0 Å². The molecule has 3 N–H and O–H groups in total. The van der Waals surface area contributed by atoms with E-state index in [1.165, 1.54) is 12.1 Å². The number of rotatable bonds is 6. The number of aromatic nitrogens is 3. The maximum atomic E-state index is 12.9. The van der Waals surface area contributed by atoms with Gasteiger partial charge >= 0.3 is 0 Å². The zero-order chi connectivity index (χ0) is 14.5. The van der Waals surface area contributed by atoms with E-state index in [1.807, 2.05) is 4.68 Å². The van der Waals surface area contributed by atoms with Crippen molar-refractivity contribution in [1.82, 2.24) is 20.2 Å². The minimum Gasteiger partial charge on any atom is -0.271 e. The molecule has 20 heavy (non-hydrogen) atoms. The molecule has 1 aromatic heterocycles. The summed E-state index contributed by atoms with van der Waals surface area (Å²) in [5.41, 5.74) is 3.83. The van der Waals surface area contributed by atoms with Crippen LogP contribution in [0.2, 0.25) is 0 Å². The van der Waals surface area contributed by atoms with Gasteiger partial charge in [0.25, 0.3) is 0 Å². The third-order valence-corrected chi connectivity index (χ3v) is 3.20. The fraction of sp³-hybridized carbons (Fsp3) is 0.429. The Morgan fingerprint density at radius 1 is 1.25 bits per heavy atom. The lowest BCUT2D eigenvalue weighted by Gasteiger charge is -2.17. The molecule has 0 spiro atoms. The molecular weight excluding hydrogens is 257 g/mol. The second-order valence-electron chi connectivity index (χ2n) is 5.11. The fourth-order valence-electron chi connectivity index (χ4n) is 2.17. The van der Waals surface area contributed by atoms with Gasteiger partial charge in [-0.15, -0.1) is 0 Å². The molecule has 1 aromatic carbocycles. The van der Waals surface area contributed by atoms with Crippen molar-refractivity contribution in [1.29, 1.82) is 0 Å². The van der Waals surface area contributed by atoms with Gasteiger partial charge < -0.3 is 0 Å². The highest BCUT2D eigenvalue weighted by atomic mass is 19.1. The molecule has 108 valence electrons. The number of benzene rings is 1. The third-order valence-electron chi connectivity index (χ3n) is 3.20. The van der Waals surface area contributed by atoms with Crippen molar-refractivity contribution in [2.24, 2.45) is 5.84 Å². The first-order valence-electron chi connectivity index (χ1n) is 6.69. The van der Waals surface area contributed by atoms with E-state index < -0.39 is 0 Å². The summed E-state index contributed by atoms with van der Waals surface area (Å²) in [4.78, 5) is 4.28. The molecule has 0 aliphatic rings. The topological polar surface area (TPSA) is 68.8 Å². The highest BCUT2D eigenvalue weighted by Gasteiger charge is 2.14. The molecule has 0 saturated heterocycles. The quantitative estimate of drug-likeness (QED) is 0.622. The summed E-state index contributed by atoms with van der Waals surface area (Å²) in [6.07, 6.45) is 2.94. The summed E-state index contributed by atoms with van der Waals surface area (Å²) in [7, 11) is 0. The SMILES string of the molecule is CC(C)n1ncnc1CC(Cc1ccc(F)cc1)NN. The summed E-state index contributed by atoms with van der Waals surface area (Å²) in [6.45, 7) is 4.12. The minimum absolute atomic E-state index is 0.0298. The van der Waals surface area contributed by atoms with Crippen molar-refractivity contribution < 1.29 is 4.39 Å². The highest BCUT2D eigenvalue weighted by Crippen LogP contribution is 2.11. The Kier molecular flexibility index (Phi) is 4.81. The van der Waals surface area contributed by atoms with Crippen molar-refractivity contribution in [2.45, 2.75) is 38.8 Å². The van der Waals surface area contributed by atoms with Crippen molar-refractivity contribution in [3.8, 4) is 0 Å². The average molecular weight is 277 g/mol. The Bertz CT molecular complexity index is 535. The van der Waals surface area contributed by atoms with Crippen LogP contribution in [0.15, 0.2) is 30.6 Å². The lowest BCUT2D eigenvalue weighted by Crippen LogP contribution is -2.39. The van der Waals surface area contributed by atoms with E-state index >= 15 is 0 Å². The Labute approximate surface area is 118 Å². The van der Waals surface area contributed by atoms with Crippen LogP contribution in [-0.2, 0) is 12.8 Å². The van der Waals surface area contributed by atoms with Crippen molar-refractivity contribution in [3.63, 3.8) is 0 Å². The maximum absolute atomic E-state index is 12.9. The molecule has 2 rings (SSSR count). The number of halogens is 1. The number of hydrogen-bond acceptors (Lipinski definition) is 4. The van der Waals surface area contributed by atoms with Crippen molar-refractivity contribution >= 4 is 0 Å². The largest absolute Gasteiger partial charge is 0.271 e. The molecule has 0 saturated carbocycles. The third kappa shape index (κ3) is 3.61. The maximum Gasteiger partial charge on any atom is 0.138 e. The molecule has 1 atom stereocenters. The van der Waals surface area contributed by atoms with Crippen molar-refractivity contribution in [3.05, 3.63) is 47.8 Å². The van der Waals surface area contributed by atoms with E-state index in [0.29, 0.717) is 12.8 Å². The molecule has 6 heteroatoms. The predicted molar refractivity (Wildman–Crippen MR) is 75.3 cm³/mol. The summed E-state index contributed by atoms with van der Waals surface area (Å²) < 4.78 is 14.8. The van der Waals surface area contributed by atoms with Crippen LogP contribution in [0.1, 0.15) is 31.3 Å². The van der Waals surface area contributed by atoms with Crippen LogP contribution in [0.3, 0.4) is 0 Å². The highest BCUT2D eigenvalue weighted by molar-refractivity contribution is 5.17. The van der Waals surface area contributed by atoms with Gasteiger partial charge in [0.15, 0.2) is 0 Å². The van der Waals surface area contributed by atoms with Crippen LogP contribution in [0.25, 0.3) is 0 Å². The molecule has 0 amide bonds. The molecule has 0 aliphatic carbocycles. The van der Waals surface area contributed by atoms with Crippen LogP contribution < -0.4 is 11.3 Å². The normalized spacial score (nSPS) is 12.8. The van der Waals surface area contributed by atoms with E-state index in [4.69, 9.17) is 5.84 Å². The number of nitrogens with one attached hydrogen (secondary N) is 1. The van der Waals surface area contributed by atoms with Gasteiger partial charge in [-0.25, -0.2) is 14.1 Å². The van der Waals surface area contributed by atoms with Gasteiger partial charge in [0.2, 0.25) is 0 Å². The zero-order valence-electron chi connectivity index (χ0n) is 11.8. The van der Waals surface area contributed by atoms with E-state index in [0.717, 1.165) is 11.4 Å². The van der Waals surface area contributed by atoms with Gasteiger partial charge in [0.05, 0.1) is 0 Å². The van der Waals surface area contributed by atoms with Gasteiger partial charge in [-0.2, -0.15) is 5.10 Å². The molecule has 1 unspecified atom stereocenters. The average Bonchev–Trinajstić information content (AvgIpc) is 2.88. The van der Waals surface area contributed by atoms with E-state index in [-0.39, 0.29) is 17.9 Å². The zero-order valence-corrected chi connectivity index (χ0v) is 11.8. The molecule has 0 radical (unpaired) electrons. The number of hydrazine groups is 1. The first kappa shape index (κ1) is 14.6. The monoisotopic (exact) mass is 277 g/mol. The molecule has 2 aromatic rings. The molecule has 5 nitrogen and oxygen atoms in total. The minimum atomic E-state index is -0.231. The molecule has 0 bridgehead atoms. The van der Waals surface area contributed by atoms with Crippen LogP contribution in [0, 0.1) is 5.82 Å². The van der Waals surface area contributed by atoms with Gasteiger partial charge in [0, 0.05) is 18.5 Å². The molecule has 1 heterocycles. The predicted octanol–water partition coefficient (Wildman–Crippen LogP) is 1.62. The second-order valence-corrected chi connectivity index (χ2v) is 5.11. The number of nitrogens with two attached hydrogens (primary N) is 1. The van der Waals surface area contributed by atoms with Gasteiger partial charge in [-0.1, -0.05) is 12.1 Å².